The highest BCUT2D eigenvalue weighted by molar-refractivity contribution is 5.42. The first kappa shape index (κ1) is 13.4. The molecular weight excluding hydrogens is 237 g/mol. The van der Waals surface area contributed by atoms with Crippen LogP contribution in [0.3, 0.4) is 0 Å². The van der Waals surface area contributed by atoms with Crippen molar-refractivity contribution in [2.24, 2.45) is 5.73 Å². The molecule has 0 amide bonds. The first-order chi connectivity index (χ1) is 7.77. The Kier molecular flexibility index (Phi) is 3.72. The number of nitrogens with zero attached hydrogens (tertiary/aromatic N) is 1. The van der Waals surface area contributed by atoms with Gasteiger partial charge in [-0.2, -0.15) is 13.2 Å². The summed E-state index contributed by atoms with van der Waals surface area (Å²) in [6.45, 7) is 1.66. The molecule has 0 radical (unpaired) electrons. The van der Waals surface area contributed by atoms with Crippen LogP contribution >= 0.6 is 0 Å². The van der Waals surface area contributed by atoms with Crippen molar-refractivity contribution >= 4 is 5.69 Å². The van der Waals surface area contributed by atoms with Gasteiger partial charge in [-0.15, -0.1) is 0 Å². The van der Waals surface area contributed by atoms with E-state index in [9.17, 15) is 23.3 Å². The van der Waals surface area contributed by atoms with Crippen LogP contribution in [0.25, 0.3) is 0 Å². The second-order valence-electron chi connectivity index (χ2n) is 3.51. The highest BCUT2D eigenvalue weighted by atomic mass is 19.4. The van der Waals surface area contributed by atoms with Gasteiger partial charge in [-0.05, 0) is 17.5 Å². The molecule has 0 saturated heterocycles. The van der Waals surface area contributed by atoms with Gasteiger partial charge in [0.05, 0.1) is 4.92 Å². The zero-order chi connectivity index (χ0) is 13.2. The van der Waals surface area contributed by atoms with E-state index in [1.54, 1.807) is 6.92 Å². The fourth-order valence-corrected chi connectivity index (χ4v) is 1.48. The van der Waals surface area contributed by atoms with Crippen molar-refractivity contribution in [1.29, 1.82) is 0 Å². The Hall–Kier alpha value is -1.63. The number of rotatable bonds is 3. The fourth-order valence-electron chi connectivity index (χ4n) is 1.48. The molecule has 0 aliphatic rings. The largest absolute Gasteiger partial charge is 0.407 e. The first-order valence-corrected chi connectivity index (χ1v) is 4.87. The van der Waals surface area contributed by atoms with Crippen molar-refractivity contribution in [3.8, 4) is 0 Å². The zero-order valence-electron chi connectivity index (χ0n) is 8.99. The quantitative estimate of drug-likeness (QED) is 0.660. The molecular formula is C10H11F3N2O2. The van der Waals surface area contributed by atoms with Crippen molar-refractivity contribution in [2.75, 3.05) is 0 Å². The maximum Gasteiger partial charge on any atom is 0.407 e. The molecule has 1 rings (SSSR count). The molecule has 0 bridgehead atoms. The highest BCUT2D eigenvalue weighted by Gasteiger charge is 2.39. The van der Waals surface area contributed by atoms with E-state index >= 15 is 0 Å². The summed E-state index contributed by atoms with van der Waals surface area (Å²) in [5.74, 6) is 0. The number of nitrogens with two attached hydrogens (primary N) is 1. The maximum atomic E-state index is 12.5. The van der Waals surface area contributed by atoms with Crippen LogP contribution in [0.4, 0.5) is 18.9 Å². The molecule has 2 N–H and O–H groups in total. The summed E-state index contributed by atoms with van der Waals surface area (Å²) in [7, 11) is 0. The lowest BCUT2D eigenvalue weighted by atomic mass is 9.98. The summed E-state index contributed by atoms with van der Waals surface area (Å²) >= 11 is 0. The molecule has 0 aromatic heterocycles. The predicted molar refractivity (Wildman–Crippen MR) is 55.5 cm³/mol. The van der Waals surface area contributed by atoms with Gasteiger partial charge in [-0.25, -0.2) is 0 Å². The lowest BCUT2D eigenvalue weighted by Crippen LogP contribution is -2.29. The van der Waals surface area contributed by atoms with E-state index in [1.165, 1.54) is 12.1 Å². The van der Waals surface area contributed by atoms with E-state index < -0.39 is 22.8 Å². The topological polar surface area (TPSA) is 69.2 Å². The Labute approximate surface area is 95.4 Å². The van der Waals surface area contributed by atoms with Crippen LogP contribution in [0.15, 0.2) is 18.2 Å². The standard InChI is InChI=1S/C10H11F3N2O2/c1-2-6-3-4-7(15(16)17)5-8(6)9(14)10(11,12)13/h3-5,9H,2,14H2,1H3/t9-/m1/s1. The van der Waals surface area contributed by atoms with Crippen molar-refractivity contribution < 1.29 is 18.1 Å². The summed E-state index contributed by atoms with van der Waals surface area (Å²) in [5.41, 5.74) is 4.80. The van der Waals surface area contributed by atoms with Gasteiger partial charge in [-0.3, -0.25) is 10.1 Å². The van der Waals surface area contributed by atoms with Crippen LogP contribution in [-0.4, -0.2) is 11.1 Å². The van der Waals surface area contributed by atoms with Crippen LogP contribution in [0.1, 0.15) is 24.1 Å². The molecule has 7 heteroatoms. The molecule has 17 heavy (non-hydrogen) atoms. The van der Waals surface area contributed by atoms with Crippen molar-refractivity contribution in [3.05, 3.63) is 39.4 Å². The highest BCUT2D eigenvalue weighted by Crippen LogP contribution is 2.34. The van der Waals surface area contributed by atoms with Gasteiger partial charge in [-0.1, -0.05) is 13.0 Å². The molecule has 94 valence electrons. The number of nitro groups is 1. The van der Waals surface area contributed by atoms with Crippen molar-refractivity contribution in [2.45, 2.75) is 25.6 Å². The summed E-state index contributed by atoms with van der Waals surface area (Å²) in [5, 5.41) is 10.5. The number of alkyl halides is 3. The molecule has 0 fully saturated rings. The van der Waals surface area contributed by atoms with Gasteiger partial charge in [0.1, 0.15) is 6.04 Å². The second-order valence-corrected chi connectivity index (χ2v) is 3.51. The molecule has 1 atom stereocenters. The molecule has 1 aromatic carbocycles. The van der Waals surface area contributed by atoms with Crippen LogP contribution in [0.5, 0.6) is 0 Å². The van der Waals surface area contributed by atoms with Crippen LogP contribution < -0.4 is 5.73 Å². The average molecular weight is 248 g/mol. The van der Waals surface area contributed by atoms with E-state index in [0.29, 0.717) is 12.0 Å². The smallest absolute Gasteiger partial charge is 0.316 e. The van der Waals surface area contributed by atoms with Crippen molar-refractivity contribution in [1.82, 2.24) is 0 Å². The predicted octanol–water partition coefficient (Wildman–Crippen LogP) is 2.72. The Morgan fingerprint density at radius 2 is 2.06 bits per heavy atom. The third-order valence-corrected chi connectivity index (χ3v) is 2.41. The normalized spacial score (nSPS) is 13.5. The minimum Gasteiger partial charge on any atom is -0.316 e. The lowest BCUT2D eigenvalue weighted by molar-refractivity contribution is -0.385. The Balaban J connectivity index is 3.28. The monoisotopic (exact) mass is 248 g/mol. The molecule has 1 aromatic rings. The molecule has 0 saturated carbocycles. The van der Waals surface area contributed by atoms with E-state index in [4.69, 9.17) is 5.73 Å². The average Bonchev–Trinajstić information content (AvgIpc) is 2.25. The maximum absolute atomic E-state index is 12.5. The number of hydrogen-bond acceptors (Lipinski definition) is 3. The van der Waals surface area contributed by atoms with Gasteiger partial charge in [0.15, 0.2) is 0 Å². The third-order valence-electron chi connectivity index (χ3n) is 2.41. The zero-order valence-corrected chi connectivity index (χ0v) is 8.99. The van der Waals surface area contributed by atoms with Crippen LogP contribution in [-0.2, 0) is 6.42 Å². The summed E-state index contributed by atoms with van der Waals surface area (Å²) < 4.78 is 37.5. The van der Waals surface area contributed by atoms with Gasteiger partial charge in [0.2, 0.25) is 0 Å². The minimum atomic E-state index is -4.61. The molecule has 0 heterocycles. The molecule has 0 unspecified atom stereocenters. The number of nitro benzene ring substituents is 1. The lowest BCUT2D eigenvalue weighted by Gasteiger charge is -2.18. The van der Waals surface area contributed by atoms with Crippen molar-refractivity contribution in [3.63, 3.8) is 0 Å². The summed E-state index contributed by atoms with van der Waals surface area (Å²) in [6.07, 6.45) is -4.28. The molecule has 0 aliphatic heterocycles. The number of hydrogen-bond donors (Lipinski definition) is 1. The van der Waals surface area contributed by atoms with E-state index in [0.717, 1.165) is 6.07 Å². The Bertz CT molecular complexity index is 432. The van der Waals surface area contributed by atoms with E-state index in [2.05, 4.69) is 0 Å². The minimum absolute atomic E-state index is 0.241. The van der Waals surface area contributed by atoms with Crippen LogP contribution in [0, 0.1) is 10.1 Å². The summed E-state index contributed by atoms with van der Waals surface area (Å²) in [4.78, 5) is 9.76. The van der Waals surface area contributed by atoms with Crippen LogP contribution in [0.2, 0.25) is 0 Å². The van der Waals surface area contributed by atoms with E-state index in [1.807, 2.05) is 0 Å². The van der Waals surface area contributed by atoms with Gasteiger partial charge >= 0.3 is 6.18 Å². The number of non-ortho nitro benzene ring substituents is 1. The SMILES string of the molecule is CCc1ccc([N+](=O)[O-])cc1[C@@H](N)C(F)(F)F. The Morgan fingerprint density at radius 1 is 1.47 bits per heavy atom. The van der Waals surface area contributed by atoms with Gasteiger partial charge < -0.3 is 5.73 Å². The molecule has 0 spiro atoms. The second kappa shape index (κ2) is 4.70. The molecule has 4 nitrogen and oxygen atoms in total. The van der Waals surface area contributed by atoms with Gasteiger partial charge in [0.25, 0.3) is 5.69 Å². The third kappa shape index (κ3) is 2.94. The molecule has 0 aliphatic carbocycles. The summed E-state index contributed by atoms with van der Waals surface area (Å²) in [6, 6.07) is 1.17. The fraction of sp³-hybridized carbons (Fsp3) is 0.400. The number of benzene rings is 1. The van der Waals surface area contributed by atoms with E-state index in [-0.39, 0.29) is 5.56 Å². The van der Waals surface area contributed by atoms with Gasteiger partial charge in [0, 0.05) is 12.1 Å². The Morgan fingerprint density at radius 3 is 2.47 bits per heavy atom. The number of aryl methyl sites for hydroxylation is 1. The number of halogens is 3. The first-order valence-electron chi connectivity index (χ1n) is 4.87.